The number of hydrogen-bond donors (Lipinski definition) is 3. The molecule has 0 saturated heterocycles. The van der Waals surface area contributed by atoms with Crippen LogP contribution in [0.5, 0.6) is 5.75 Å². The Balaban J connectivity index is 2.04. The molecule has 3 N–H and O–H groups in total. The first kappa shape index (κ1) is 17.4. The van der Waals surface area contributed by atoms with Gasteiger partial charge in [-0.2, -0.15) is 0 Å². The Morgan fingerprint density at radius 3 is 2.77 bits per heavy atom. The van der Waals surface area contributed by atoms with Crippen molar-refractivity contribution < 1.29 is 14.6 Å². The minimum atomic E-state index is -0.480. The second-order valence-corrected chi connectivity index (χ2v) is 5.41. The van der Waals surface area contributed by atoms with Crippen LogP contribution < -0.4 is 20.9 Å². The molecule has 0 unspecified atom stereocenters. The van der Waals surface area contributed by atoms with Crippen molar-refractivity contribution in [1.82, 2.24) is 14.4 Å². The normalized spacial score (nSPS) is 10.6. The van der Waals surface area contributed by atoms with E-state index in [0.29, 0.717) is 22.9 Å². The van der Waals surface area contributed by atoms with E-state index in [-0.39, 0.29) is 17.3 Å². The van der Waals surface area contributed by atoms with Gasteiger partial charge in [-0.25, -0.2) is 9.97 Å². The summed E-state index contributed by atoms with van der Waals surface area (Å²) in [4.78, 5) is 32.2. The van der Waals surface area contributed by atoms with Gasteiger partial charge in [0.15, 0.2) is 11.4 Å². The van der Waals surface area contributed by atoms with Crippen molar-refractivity contribution in [1.29, 1.82) is 0 Å². The zero-order valence-corrected chi connectivity index (χ0v) is 14.2. The Morgan fingerprint density at radius 1 is 1.35 bits per heavy atom. The molecule has 3 aromatic heterocycles. The molecule has 3 aromatic rings. The number of fused-ring (bicyclic) bond motifs is 1. The van der Waals surface area contributed by atoms with Crippen molar-refractivity contribution in [2.24, 2.45) is 0 Å². The minimum Gasteiger partial charge on any atom is -0.493 e. The topological polar surface area (TPSA) is 118 Å². The Kier molecular flexibility index (Phi) is 4.81. The van der Waals surface area contributed by atoms with E-state index in [1.54, 1.807) is 30.5 Å². The first-order valence-electron chi connectivity index (χ1n) is 7.73. The molecule has 9 heteroatoms. The number of ether oxygens (including phenoxy) is 1. The molecule has 0 atom stereocenters. The summed E-state index contributed by atoms with van der Waals surface area (Å²) in [6, 6.07) is 6.63. The predicted octanol–water partition coefficient (Wildman–Crippen LogP) is 1.29. The van der Waals surface area contributed by atoms with Crippen LogP contribution in [-0.4, -0.2) is 32.5 Å². The maximum Gasteiger partial charge on any atom is 0.265 e. The van der Waals surface area contributed by atoms with Gasteiger partial charge in [0, 0.05) is 13.1 Å². The van der Waals surface area contributed by atoms with Gasteiger partial charge in [-0.15, -0.1) is 0 Å². The lowest BCUT2D eigenvalue weighted by Gasteiger charge is -2.13. The molecule has 3 heterocycles. The average molecular weight is 355 g/mol. The fraction of sp³-hybridized carbons (Fsp3) is 0.176. The SMILES string of the molecule is COc1cccn2c(=O)c(CO)c(Nc3ccc(NC(C)=O)nc3)nc12. The van der Waals surface area contributed by atoms with Crippen molar-refractivity contribution in [2.75, 3.05) is 17.7 Å². The molecule has 9 nitrogen and oxygen atoms in total. The summed E-state index contributed by atoms with van der Waals surface area (Å²) < 4.78 is 6.56. The van der Waals surface area contributed by atoms with Crippen LogP contribution in [0, 0.1) is 0 Å². The summed E-state index contributed by atoms with van der Waals surface area (Å²) in [5.74, 6) is 0.808. The molecule has 0 radical (unpaired) electrons. The van der Waals surface area contributed by atoms with Gasteiger partial charge in [-0.1, -0.05) is 0 Å². The molecular formula is C17H17N5O4. The molecule has 0 spiro atoms. The van der Waals surface area contributed by atoms with Crippen molar-refractivity contribution >= 4 is 28.9 Å². The number of pyridine rings is 2. The maximum absolute atomic E-state index is 12.6. The second-order valence-electron chi connectivity index (χ2n) is 5.41. The lowest BCUT2D eigenvalue weighted by atomic mass is 10.3. The fourth-order valence-corrected chi connectivity index (χ4v) is 2.44. The Morgan fingerprint density at radius 2 is 2.15 bits per heavy atom. The Labute approximate surface area is 148 Å². The van der Waals surface area contributed by atoms with Crippen molar-refractivity contribution in [2.45, 2.75) is 13.5 Å². The van der Waals surface area contributed by atoms with Gasteiger partial charge >= 0.3 is 0 Å². The third-order valence-electron chi connectivity index (χ3n) is 3.62. The number of nitrogens with one attached hydrogen (secondary N) is 2. The number of rotatable bonds is 5. The summed E-state index contributed by atoms with van der Waals surface area (Å²) >= 11 is 0. The molecule has 0 bridgehead atoms. The summed E-state index contributed by atoms with van der Waals surface area (Å²) in [6.45, 7) is 0.910. The van der Waals surface area contributed by atoms with E-state index in [2.05, 4.69) is 20.6 Å². The number of carbonyl (C=O) groups excluding carboxylic acids is 1. The molecule has 1 amide bonds. The Hall–Kier alpha value is -3.46. The second kappa shape index (κ2) is 7.19. The molecule has 0 aliphatic rings. The van der Waals surface area contributed by atoms with E-state index in [0.717, 1.165) is 0 Å². The van der Waals surface area contributed by atoms with Crippen LogP contribution in [0.3, 0.4) is 0 Å². The van der Waals surface area contributed by atoms with Crippen LogP contribution in [0.25, 0.3) is 5.65 Å². The first-order valence-corrected chi connectivity index (χ1v) is 7.73. The quantitative estimate of drug-likeness (QED) is 0.631. The Bertz CT molecular complexity index is 1010. The number of amides is 1. The van der Waals surface area contributed by atoms with Crippen molar-refractivity contribution in [3.8, 4) is 5.75 Å². The van der Waals surface area contributed by atoms with Gasteiger partial charge < -0.3 is 20.5 Å². The number of carbonyl (C=O) groups is 1. The number of methoxy groups -OCH3 is 1. The molecule has 134 valence electrons. The number of aromatic nitrogens is 3. The lowest BCUT2D eigenvalue weighted by molar-refractivity contribution is -0.114. The number of nitrogens with zero attached hydrogens (tertiary/aromatic N) is 3. The van der Waals surface area contributed by atoms with Gasteiger partial charge in [0.1, 0.15) is 11.6 Å². The van der Waals surface area contributed by atoms with E-state index >= 15 is 0 Å². The van der Waals surface area contributed by atoms with Crippen LogP contribution in [0.2, 0.25) is 0 Å². The summed E-state index contributed by atoms with van der Waals surface area (Å²) in [7, 11) is 1.49. The van der Waals surface area contributed by atoms with Crippen molar-refractivity contribution in [3.63, 3.8) is 0 Å². The van der Waals surface area contributed by atoms with E-state index in [1.807, 2.05) is 0 Å². The van der Waals surface area contributed by atoms with E-state index in [9.17, 15) is 14.7 Å². The predicted molar refractivity (Wildman–Crippen MR) is 95.8 cm³/mol. The zero-order valence-electron chi connectivity index (χ0n) is 14.2. The maximum atomic E-state index is 12.6. The monoisotopic (exact) mass is 355 g/mol. The third-order valence-corrected chi connectivity index (χ3v) is 3.62. The molecule has 0 saturated carbocycles. The standard InChI is InChI=1S/C17H17N5O4/c1-10(24)19-14-6-5-11(8-18-14)20-15-12(9-23)17(25)22-7-3-4-13(26-2)16(22)21-15/h3-8,20,23H,9H2,1-2H3,(H,18,19,24). The highest BCUT2D eigenvalue weighted by atomic mass is 16.5. The van der Waals surface area contributed by atoms with Crippen LogP contribution in [-0.2, 0) is 11.4 Å². The van der Waals surface area contributed by atoms with Gasteiger partial charge in [-0.3, -0.25) is 14.0 Å². The molecular weight excluding hydrogens is 338 g/mol. The fourth-order valence-electron chi connectivity index (χ4n) is 2.44. The van der Waals surface area contributed by atoms with Gasteiger partial charge in [0.2, 0.25) is 5.91 Å². The zero-order chi connectivity index (χ0) is 18.7. The largest absolute Gasteiger partial charge is 0.493 e. The van der Waals surface area contributed by atoms with Gasteiger partial charge in [0.05, 0.1) is 31.2 Å². The highest BCUT2D eigenvalue weighted by Crippen LogP contribution is 2.22. The smallest absolute Gasteiger partial charge is 0.265 e. The number of aliphatic hydroxyl groups is 1. The minimum absolute atomic E-state index is 0.113. The average Bonchev–Trinajstić information content (AvgIpc) is 2.63. The number of hydrogen-bond acceptors (Lipinski definition) is 7. The molecule has 0 aromatic carbocycles. The molecule has 3 rings (SSSR count). The highest BCUT2D eigenvalue weighted by Gasteiger charge is 2.15. The van der Waals surface area contributed by atoms with Crippen LogP contribution >= 0.6 is 0 Å². The first-order chi connectivity index (χ1) is 12.5. The molecule has 0 fully saturated rings. The highest BCUT2D eigenvalue weighted by molar-refractivity contribution is 5.87. The van der Waals surface area contributed by atoms with Gasteiger partial charge in [-0.05, 0) is 24.3 Å². The van der Waals surface area contributed by atoms with E-state index in [4.69, 9.17) is 4.74 Å². The molecule has 26 heavy (non-hydrogen) atoms. The van der Waals surface area contributed by atoms with E-state index in [1.165, 1.54) is 24.6 Å². The summed E-state index contributed by atoms with van der Waals surface area (Å²) in [5, 5.41) is 15.2. The summed E-state index contributed by atoms with van der Waals surface area (Å²) in [5.41, 5.74) is 0.575. The van der Waals surface area contributed by atoms with Gasteiger partial charge in [0.25, 0.3) is 5.56 Å². The number of aliphatic hydroxyl groups excluding tert-OH is 1. The van der Waals surface area contributed by atoms with Crippen LogP contribution in [0.1, 0.15) is 12.5 Å². The molecule has 0 aliphatic heterocycles. The number of anilines is 3. The van der Waals surface area contributed by atoms with Crippen LogP contribution in [0.15, 0.2) is 41.5 Å². The third kappa shape index (κ3) is 3.33. The van der Waals surface area contributed by atoms with Crippen LogP contribution in [0.4, 0.5) is 17.3 Å². The van der Waals surface area contributed by atoms with Crippen molar-refractivity contribution in [3.05, 3.63) is 52.6 Å². The summed E-state index contributed by atoms with van der Waals surface area (Å²) in [6.07, 6.45) is 3.04. The molecule has 0 aliphatic carbocycles. The van der Waals surface area contributed by atoms with E-state index < -0.39 is 12.2 Å². The lowest BCUT2D eigenvalue weighted by Crippen LogP contribution is -2.22.